The summed E-state index contributed by atoms with van der Waals surface area (Å²) in [7, 11) is -3.39. The van der Waals surface area contributed by atoms with Gasteiger partial charge in [-0.25, -0.2) is 13.6 Å². The zero-order chi connectivity index (χ0) is 13.8. The highest BCUT2D eigenvalue weighted by atomic mass is 35.5. The molecule has 0 aliphatic rings. The minimum atomic E-state index is -3.39. The van der Waals surface area contributed by atoms with Gasteiger partial charge in [0, 0.05) is 6.04 Å². The van der Waals surface area contributed by atoms with Crippen molar-refractivity contribution in [3.8, 4) is 0 Å². The molecule has 0 aromatic heterocycles. The first-order valence-electron chi connectivity index (χ1n) is 5.49. The van der Waals surface area contributed by atoms with E-state index in [4.69, 9.17) is 28.3 Å². The molecule has 0 aliphatic heterocycles. The van der Waals surface area contributed by atoms with Crippen molar-refractivity contribution in [3.63, 3.8) is 0 Å². The van der Waals surface area contributed by atoms with Crippen LogP contribution in [0.3, 0.4) is 0 Å². The second-order valence-corrected chi connectivity index (χ2v) is 6.56. The standard InChI is InChI=1S/C11H16Cl2N2O2S/c1-8(15-6-3-7-18(14,16)17)9-4-2-5-10(12)11(9)13/h2,4-5,8,15H,3,6-7H2,1H3,(H2,14,16,17). The van der Waals surface area contributed by atoms with Gasteiger partial charge in [-0.3, -0.25) is 0 Å². The number of rotatable bonds is 6. The SMILES string of the molecule is CC(NCCCS(N)(=O)=O)c1cccc(Cl)c1Cl. The third kappa shape index (κ3) is 5.12. The first-order chi connectivity index (χ1) is 8.31. The molecule has 3 N–H and O–H groups in total. The Morgan fingerprint density at radius 1 is 1.39 bits per heavy atom. The van der Waals surface area contributed by atoms with Crippen LogP contribution >= 0.6 is 23.2 Å². The van der Waals surface area contributed by atoms with Gasteiger partial charge in [0.1, 0.15) is 0 Å². The molecule has 1 unspecified atom stereocenters. The predicted octanol–water partition coefficient (Wildman–Crippen LogP) is 2.32. The van der Waals surface area contributed by atoms with Crippen molar-refractivity contribution in [3.05, 3.63) is 33.8 Å². The van der Waals surface area contributed by atoms with Crippen molar-refractivity contribution in [1.82, 2.24) is 5.32 Å². The van der Waals surface area contributed by atoms with E-state index in [2.05, 4.69) is 5.32 Å². The largest absolute Gasteiger partial charge is 0.310 e. The molecule has 0 radical (unpaired) electrons. The lowest BCUT2D eigenvalue weighted by atomic mass is 10.1. The molecule has 1 atom stereocenters. The Labute approximate surface area is 118 Å². The van der Waals surface area contributed by atoms with Crippen LogP contribution in [0.5, 0.6) is 0 Å². The Bertz CT molecular complexity index is 506. The number of hydrogen-bond acceptors (Lipinski definition) is 3. The quantitative estimate of drug-likeness (QED) is 0.792. The van der Waals surface area contributed by atoms with Crippen LogP contribution in [-0.4, -0.2) is 20.7 Å². The van der Waals surface area contributed by atoms with Crippen LogP contribution in [0, 0.1) is 0 Å². The van der Waals surface area contributed by atoms with Crippen LogP contribution in [-0.2, 0) is 10.0 Å². The number of hydrogen-bond donors (Lipinski definition) is 2. The summed E-state index contributed by atoms with van der Waals surface area (Å²) in [6, 6.07) is 5.43. The summed E-state index contributed by atoms with van der Waals surface area (Å²) in [6.45, 7) is 2.48. The summed E-state index contributed by atoms with van der Waals surface area (Å²) in [5.74, 6) is -0.0317. The number of primary sulfonamides is 1. The number of nitrogens with two attached hydrogens (primary N) is 1. The number of nitrogens with one attached hydrogen (secondary N) is 1. The first-order valence-corrected chi connectivity index (χ1v) is 7.96. The van der Waals surface area contributed by atoms with E-state index in [1.165, 1.54) is 0 Å². The van der Waals surface area contributed by atoms with Crippen molar-refractivity contribution in [1.29, 1.82) is 0 Å². The molecule has 1 aromatic rings. The molecule has 18 heavy (non-hydrogen) atoms. The smallest absolute Gasteiger partial charge is 0.209 e. The molecule has 1 aromatic carbocycles. The van der Waals surface area contributed by atoms with Gasteiger partial charge < -0.3 is 5.32 Å². The zero-order valence-corrected chi connectivity index (χ0v) is 12.3. The molecule has 1 rings (SSSR count). The first kappa shape index (κ1) is 15.7. The van der Waals surface area contributed by atoms with Gasteiger partial charge in [0.2, 0.25) is 10.0 Å². The molecule has 0 bridgehead atoms. The van der Waals surface area contributed by atoms with E-state index in [0.29, 0.717) is 23.0 Å². The highest BCUT2D eigenvalue weighted by Gasteiger charge is 2.11. The average Bonchev–Trinajstić information content (AvgIpc) is 2.26. The minimum Gasteiger partial charge on any atom is -0.310 e. The lowest BCUT2D eigenvalue weighted by Gasteiger charge is -2.16. The summed E-state index contributed by atoms with van der Waals surface area (Å²) in [5, 5.41) is 9.12. The topological polar surface area (TPSA) is 72.2 Å². The van der Waals surface area contributed by atoms with E-state index in [-0.39, 0.29) is 11.8 Å². The molecule has 0 fully saturated rings. The third-order valence-electron chi connectivity index (χ3n) is 2.50. The van der Waals surface area contributed by atoms with Crippen LogP contribution in [0.15, 0.2) is 18.2 Å². The van der Waals surface area contributed by atoms with E-state index in [9.17, 15) is 8.42 Å². The molecule has 102 valence electrons. The fourth-order valence-electron chi connectivity index (χ4n) is 1.56. The van der Waals surface area contributed by atoms with Crippen molar-refractivity contribution in [2.24, 2.45) is 5.14 Å². The Morgan fingerprint density at radius 3 is 2.67 bits per heavy atom. The fourth-order valence-corrected chi connectivity index (χ4v) is 2.57. The van der Waals surface area contributed by atoms with Crippen LogP contribution in [0.25, 0.3) is 0 Å². The molecule has 0 spiro atoms. The highest BCUT2D eigenvalue weighted by molar-refractivity contribution is 7.89. The molecule has 0 saturated heterocycles. The van der Waals surface area contributed by atoms with Crippen molar-refractivity contribution in [2.75, 3.05) is 12.3 Å². The van der Waals surface area contributed by atoms with Crippen molar-refractivity contribution >= 4 is 33.2 Å². The Balaban J connectivity index is 2.51. The summed E-state index contributed by atoms with van der Waals surface area (Å²) >= 11 is 12.0. The summed E-state index contributed by atoms with van der Waals surface area (Å²) in [4.78, 5) is 0. The second-order valence-electron chi connectivity index (χ2n) is 4.04. The Morgan fingerprint density at radius 2 is 2.06 bits per heavy atom. The van der Waals surface area contributed by atoms with Gasteiger partial charge >= 0.3 is 0 Å². The Hall–Kier alpha value is -0.330. The molecule has 0 saturated carbocycles. The lowest BCUT2D eigenvalue weighted by Crippen LogP contribution is -2.24. The van der Waals surface area contributed by atoms with E-state index < -0.39 is 10.0 Å². The maximum atomic E-state index is 10.8. The minimum absolute atomic E-state index is 0.00308. The normalized spacial score (nSPS) is 13.6. The van der Waals surface area contributed by atoms with Crippen LogP contribution < -0.4 is 10.5 Å². The molecule has 0 aliphatic carbocycles. The molecule has 7 heteroatoms. The molecule has 4 nitrogen and oxygen atoms in total. The maximum absolute atomic E-state index is 10.8. The molecular formula is C11H16Cl2N2O2S. The van der Waals surface area contributed by atoms with Gasteiger partial charge in [-0.05, 0) is 31.5 Å². The van der Waals surface area contributed by atoms with Gasteiger partial charge in [-0.1, -0.05) is 35.3 Å². The van der Waals surface area contributed by atoms with Gasteiger partial charge in [0.05, 0.1) is 15.8 Å². The zero-order valence-electron chi connectivity index (χ0n) is 9.99. The summed E-state index contributed by atoms with van der Waals surface area (Å²) in [5.41, 5.74) is 0.889. The van der Waals surface area contributed by atoms with Crippen LogP contribution in [0.4, 0.5) is 0 Å². The van der Waals surface area contributed by atoms with E-state index >= 15 is 0 Å². The lowest BCUT2D eigenvalue weighted by molar-refractivity contribution is 0.561. The van der Waals surface area contributed by atoms with Gasteiger partial charge in [0.15, 0.2) is 0 Å². The monoisotopic (exact) mass is 310 g/mol. The molecule has 0 amide bonds. The van der Waals surface area contributed by atoms with Crippen molar-refractivity contribution in [2.45, 2.75) is 19.4 Å². The third-order valence-corrected chi connectivity index (χ3v) is 4.20. The summed E-state index contributed by atoms with van der Waals surface area (Å²) in [6.07, 6.45) is 0.460. The van der Waals surface area contributed by atoms with Crippen LogP contribution in [0.2, 0.25) is 10.0 Å². The summed E-state index contributed by atoms with van der Waals surface area (Å²) < 4.78 is 21.5. The predicted molar refractivity (Wildman–Crippen MR) is 75.5 cm³/mol. The molecule has 0 heterocycles. The highest BCUT2D eigenvalue weighted by Crippen LogP contribution is 2.29. The number of halogens is 2. The van der Waals surface area contributed by atoms with Crippen molar-refractivity contribution < 1.29 is 8.42 Å². The van der Waals surface area contributed by atoms with Gasteiger partial charge in [-0.2, -0.15) is 0 Å². The average molecular weight is 311 g/mol. The fraction of sp³-hybridized carbons (Fsp3) is 0.455. The Kier molecular flexibility index (Phi) is 5.88. The maximum Gasteiger partial charge on any atom is 0.209 e. The second kappa shape index (κ2) is 6.73. The van der Waals surface area contributed by atoms with Gasteiger partial charge in [-0.15, -0.1) is 0 Å². The van der Waals surface area contributed by atoms with E-state index in [1.807, 2.05) is 19.1 Å². The van der Waals surface area contributed by atoms with Crippen LogP contribution in [0.1, 0.15) is 24.9 Å². The molecular weight excluding hydrogens is 295 g/mol. The number of benzene rings is 1. The van der Waals surface area contributed by atoms with E-state index in [1.54, 1.807) is 6.07 Å². The number of sulfonamides is 1. The van der Waals surface area contributed by atoms with E-state index in [0.717, 1.165) is 5.56 Å². The van der Waals surface area contributed by atoms with Gasteiger partial charge in [0.25, 0.3) is 0 Å².